The molecular weight excluding hydrogens is 328 g/mol. The van der Waals surface area contributed by atoms with Gasteiger partial charge < -0.3 is 20.5 Å². The summed E-state index contributed by atoms with van der Waals surface area (Å²) in [6.07, 6.45) is 8.57. The van der Waals surface area contributed by atoms with Crippen LogP contribution in [0.2, 0.25) is 0 Å². The van der Waals surface area contributed by atoms with Gasteiger partial charge >= 0.3 is 0 Å². The van der Waals surface area contributed by atoms with E-state index in [-0.39, 0.29) is 11.3 Å². The van der Waals surface area contributed by atoms with Crippen molar-refractivity contribution in [3.05, 3.63) is 40.2 Å². The first-order valence-corrected chi connectivity index (χ1v) is 9.90. The van der Waals surface area contributed by atoms with Crippen molar-refractivity contribution in [2.75, 3.05) is 6.54 Å². The Kier molecular flexibility index (Phi) is 5.00. The van der Waals surface area contributed by atoms with Crippen LogP contribution in [0.3, 0.4) is 0 Å². The Bertz CT molecular complexity index is 826. The molecule has 0 saturated heterocycles. The number of pyridine rings is 1. The van der Waals surface area contributed by atoms with Gasteiger partial charge in [-0.25, -0.2) is 0 Å². The number of hydrogen-bond acceptors (Lipinski definition) is 4. The normalized spacial score (nSPS) is 25.1. The van der Waals surface area contributed by atoms with Crippen LogP contribution in [0, 0.1) is 11.8 Å². The first-order valence-electron chi connectivity index (χ1n) is 9.90. The Balaban J connectivity index is 1.48. The molecule has 1 aromatic heterocycles. The van der Waals surface area contributed by atoms with Gasteiger partial charge in [0.1, 0.15) is 5.75 Å². The Morgan fingerprint density at radius 2 is 1.88 bits per heavy atom. The summed E-state index contributed by atoms with van der Waals surface area (Å²) in [6, 6.07) is 6.87. The quantitative estimate of drug-likeness (QED) is 0.663. The van der Waals surface area contributed by atoms with Crippen molar-refractivity contribution in [2.45, 2.75) is 57.1 Å². The zero-order chi connectivity index (χ0) is 18.1. The Morgan fingerprint density at radius 3 is 2.69 bits per heavy atom. The van der Waals surface area contributed by atoms with Gasteiger partial charge in [-0.05, 0) is 42.4 Å². The zero-order valence-corrected chi connectivity index (χ0v) is 15.1. The summed E-state index contributed by atoms with van der Waals surface area (Å²) in [4.78, 5) is 14.2. The lowest BCUT2D eigenvalue weighted by Gasteiger charge is -2.27. The highest BCUT2D eigenvalue weighted by molar-refractivity contribution is 5.87. The number of nitrogens with one attached hydrogen (secondary N) is 2. The molecule has 5 nitrogen and oxygen atoms in total. The summed E-state index contributed by atoms with van der Waals surface area (Å²) in [5.41, 5.74) is 0.860. The van der Waals surface area contributed by atoms with Crippen molar-refractivity contribution in [1.82, 2.24) is 10.3 Å². The monoisotopic (exact) mass is 356 g/mol. The number of benzene rings is 1. The second-order valence-electron chi connectivity index (χ2n) is 7.96. The molecule has 4 N–H and O–H groups in total. The molecule has 0 amide bonds. The molecule has 4 rings (SSSR count). The van der Waals surface area contributed by atoms with Crippen molar-refractivity contribution in [3.8, 4) is 5.75 Å². The van der Waals surface area contributed by atoms with Crippen LogP contribution in [0.15, 0.2) is 29.1 Å². The molecule has 140 valence electrons. The van der Waals surface area contributed by atoms with Crippen LogP contribution in [0.1, 0.15) is 56.6 Å². The predicted octanol–water partition coefficient (Wildman–Crippen LogP) is 3.22. The maximum Gasteiger partial charge on any atom is 0.248 e. The van der Waals surface area contributed by atoms with E-state index in [9.17, 15) is 15.0 Å². The highest BCUT2D eigenvalue weighted by Gasteiger charge is 2.34. The summed E-state index contributed by atoms with van der Waals surface area (Å²) >= 11 is 0. The Hall–Kier alpha value is -1.85. The van der Waals surface area contributed by atoms with Crippen molar-refractivity contribution in [1.29, 1.82) is 0 Å². The molecule has 2 aliphatic carbocycles. The van der Waals surface area contributed by atoms with E-state index in [1.54, 1.807) is 12.1 Å². The van der Waals surface area contributed by atoms with Crippen molar-refractivity contribution >= 4 is 10.9 Å². The van der Waals surface area contributed by atoms with Gasteiger partial charge in [-0.1, -0.05) is 38.2 Å². The number of aliphatic hydroxyl groups is 1. The molecule has 0 bridgehead atoms. The number of phenols is 1. The minimum absolute atomic E-state index is 0.0266. The Morgan fingerprint density at radius 1 is 1.08 bits per heavy atom. The number of H-pyrrole nitrogens is 1. The molecular formula is C21H28N2O3. The molecule has 0 spiro atoms. The molecule has 2 saturated carbocycles. The lowest BCUT2D eigenvalue weighted by atomic mass is 9.86. The lowest BCUT2D eigenvalue weighted by molar-refractivity contribution is 0.162. The van der Waals surface area contributed by atoms with Crippen LogP contribution in [-0.2, 0) is 0 Å². The van der Waals surface area contributed by atoms with Gasteiger partial charge in [-0.3, -0.25) is 4.79 Å². The summed E-state index contributed by atoms with van der Waals surface area (Å²) in [7, 11) is 0. The van der Waals surface area contributed by atoms with Crippen molar-refractivity contribution < 1.29 is 10.2 Å². The van der Waals surface area contributed by atoms with Crippen LogP contribution in [-0.4, -0.2) is 27.8 Å². The van der Waals surface area contributed by atoms with Gasteiger partial charge in [-0.15, -0.1) is 0 Å². The molecule has 1 aromatic carbocycles. The Labute approximate surface area is 153 Å². The number of aromatic nitrogens is 1. The lowest BCUT2D eigenvalue weighted by Crippen LogP contribution is -2.37. The van der Waals surface area contributed by atoms with Crippen LogP contribution in [0.25, 0.3) is 10.9 Å². The summed E-state index contributed by atoms with van der Waals surface area (Å²) in [5.74, 6) is 1.63. The molecule has 0 radical (unpaired) electrons. The van der Waals surface area contributed by atoms with E-state index in [1.165, 1.54) is 57.1 Å². The molecule has 5 heteroatoms. The largest absolute Gasteiger partial charge is 0.506 e. The van der Waals surface area contributed by atoms with Gasteiger partial charge in [0.2, 0.25) is 5.56 Å². The molecule has 1 heterocycles. The summed E-state index contributed by atoms with van der Waals surface area (Å²) < 4.78 is 0. The van der Waals surface area contributed by atoms with Gasteiger partial charge in [0.25, 0.3) is 0 Å². The molecule has 1 unspecified atom stereocenters. The predicted molar refractivity (Wildman–Crippen MR) is 102 cm³/mol. The van der Waals surface area contributed by atoms with Gasteiger partial charge in [0, 0.05) is 24.0 Å². The molecule has 2 aromatic rings. The van der Waals surface area contributed by atoms with Crippen LogP contribution in [0.4, 0.5) is 0 Å². The SMILES string of the molecule is O=c1ccc2c(C(O)CN[C@@H]3CCC[C@@H]3C3CCCC3)ccc(O)c2[nH]1. The molecule has 3 atom stereocenters. The number of aromatic amines is 1. The van der Waals surface area contributed by atoms with E-state index in [1.807, 2.05) is 0 Å². The standard InChI is InChI=1S/C21H28N2O3/c24-18-10-8-15(16-9-11-20(26)23-21(16)18)19(25)12-22-17-7-3-6-14(17)13-4-1-2-5-13/h8-11,13-14,17,19,22,24-25H,1-7,12H2,(H,23,26)/t14-,17-,19?/m1/s1. The average molecular weight is 356 g/mol. The number of fused-ring (bicyclic) bond motifs is 1. The van der Waals surface area contributed by atoms with Crippen molar-refractivity contribution in [3.63, 3.8) is 0 Å². The fraction of sp³-hybridized carbons (Fsp3) is 0.571. The highest BCUT2D eigenvalue weighted by atomic mass is 16.3. The van der Waals surface area contributed by atoms with Gasteiger partial charge in [0.15, 0.2) is 0 Å². The highest BCUT2D eigenvalue weighted by Crippen LogP contribution is 2.40. The molecule has 0 aliphatic heterocycles. The second kappa shape index (κ2) is 7.41. The molecule has 2 fully saturated rings. The second-order valence-corrected chi connectivity index (χ2v) is 7.96. The minimum atomic E-state index is -0.672. The van der Waals surface area contributed by atoms with E-state index in [0.717, 1.165) is 17.4 Å². The smallest absolute Gasteiger partial charge is 0.248 e. The third-order valence-corrected chi connectivity index (χ3v) is 6.41. The van der Waals surface area contributed by atoms with E-state index in [2.05, 4.69) is 10.3 Å². The van der Waals surface area contributed by atoms with Crippen LogP contribution >= 0.6 is 0 Å². The number of aromatic hydroxyl groups is 1. The maximum atomic E-state index is 11.5. The molecule has 26 heavy (non-hydrogen) atoms. The topological polar surface area (TPSA) is 85.3 Å². The van der Waals surface area contributed by atoms with Crippen molar-refractivity contribution in [2.24, 2.45) is 11.8 Å². The van der Waals surface area contributed by atoms with Gasteiger partial charge in [-0.2, -0.15) is 0 Å². The van der Waals surface area contributed by atoms with Crippen LogP contribution in [0.5, 0.6) is 5.75 Å². The summed E-state index contributed by atoms with van der Waals surface area (Å²) in [6.45, 7) is 0.493. The number of rotatable bonds is 5. The van der Waals surface area contributed by atoms with E-state index >= 15 is 0 Å². The minimum Gasteiger partial charge on any atom is -0.506 e. The van der Waals surface area contributed by atoms with E-state index in [4.69, 9.17) is 0 Å². The van der Waals surface area contributed by atoms with Crippen LogP contribution < -0.4 is 10.9 Å². The fourth-order valence-electron chi connectivity index (χ4n) is 5.11. The number of aliphatic hydroxyl groups excluding tert-OH is 1. The number of hydrogen-bond donors (Lipinski definition) is 4. The van der Waals surface area contributed by atoms with E-state index in [0.29, 0.717) is 23.5 Å². The number of phenolic OH excluding ortho intramolecular Hbond substituents is 1. The maximum absolute atomic E-state index is 11.5. The van der Waals surface area contributed by atoms with E-state index < -0.39 is 6.10 Å². The van der Waals surface area contributed by atoms with Gasteiger partial charge in [0.05, 0.1) is 11.6 Å². The summed E-state index contributed by atoms with van der Waals surface area (Å²) in [5, 5.41) is 25.1. The first-order chi connectivity index (χ1) is 12.6. The molecule has 2 aliphatic rings. The average Bonchev–Trinajstić information content (AvgIpc) is 3.31. The zero-order valence-electron chi connectivity index (χ0n) is 15.1. The third-order valence-electron chi connectivity index (χ3n) is 6.41. The third kappa shape index (κ3) is 3.38. The first kappa shape index (κ1) is 17.6. The fourth-order valence-corrected chi connectivity index (χ4v) is 5.11.